The monoisotopic (exact) mass is 383 g/mol. The number of esters is 1. The van der Waals surface area contributed by atoms with Crippen molar-refractivity contribution in [1.29, 1.82) is 0 Å². The van der Waals surface area contributed by atoms with Crippen LogP contribution in [0.5, 0.6) is 5.75 Å². The standard InChI is InChI=1S/C22H25NO5/c1-16-12-17(2)14-19(13-16)27-15-20(24)28-21(18-6-4-3-5-7-18)22(25)23-8-10-26-11-9-23/h3-7,12-14,21H,8-11,15H2,1-2H3/t21-/m0/s1. The van der Waals surface area contributed by atoms with Gasteiger partial charge in [0.05, 0.1) is 13.2 Å². The first-order chi connectivity index (χ1) is 13.5. The molecule has 0 saturated carbocycles. The Morgan fingerprint density at radius 3 is 2.32 bits per heavy atom. The van der Waals surface area contributed by atoms with Gasteiger partial charge in [-0.3, -0.25) is 4.79 Å². The molecule has 6 nitrogen and oxygen atoms in total. The molecule has 2 aromatic rings. The molecule has 0 spiro atoms. The fraction of sp³-hybridized carbons (Fsp3) is 0.364. The van der Waals surface area contributed by atoms with Crippen molar-refractivity contribution < 1.29 is 23.8 Å². The first-order valence-electron chi connectivity index (χ1n) is 9.35. The van der Waals surface area contributed by atoms with Crippen molar-refractivity contribution in [3.8, 4) is 5.75 Å². The van der Waals surface area contributed by atoms with Gasteiger partial charge < -0.3 is 19.1 Å². The Bertz CT molecular complexity index is 795. The largest absolute Gasteiger partial charge is 0.482 e. The number of rotatable bonds is 6. The molecule has 1 aliphatic heterocycles. The molecule has 0 unspecified atom stereocenters. The highest BCUT2D eigenvalue weighted by molar-refractivity contribution is 5.85. The van der Waals surface area contributed by atoms with Crippen LogP contribution in [-0.2, 0) is 19.1 Å². The summed E-state index contributed by atoms with van der Waals surface area (Å²) in [6.45, 7) is 5.60. The van der Waals surface area contributed by atoms with Crippen molar-refractivity contribution in [3.63, 3.8) is 0 Å². The molecule has 1 amide bonds. The van der Waals surface area contributed by atoms with Crippen LogP contribution in [0.4, 0.5) is 0 Å². The van der Waals surface area contributed by atoms with E-state index in [4.69, 9.17) is 14.2 Å². The molecule has 28 heavy (non-hydrogen) atoms. The van der Waals surface area contributed by atoms with Crippen LogP contribution < -0.4 is 4.74 Å². The summed E-state index contributed by atoms with van der Waals surface area (Å²) in [6, 6.07) is 14.8. The first-order valence-corrected chi connectivity index (χ1v) is 9.35. The highest BCUT2D eigenvalue weighted by Crippen LogP contribution is 2.22. The van der Waals surface area contributed by atoms with Crippen LogP contribution in [0, 0.1) is 13.8 Å². The lowest BCUT2D eigenvalue weighted by molar-refractivity contribution is -0.164. The zero-order valence-corrected chi connectivity index (χ0v) is 16.2. The second-order valence-corrected chi connectivity index (χ2v) is 6.83. The summed E-state index contributed by atoms with van der Waals surface area (Å²) in [6.07, 6.45) is -0.991. The smallest absolute Gasteiger partial charge is 0.345 e. The number of carbonyl (C=O) groups excluding carboxylic acids is 2. The molecule has 1 fully saturated rings. The maximum Gasteiger partial charge on any atom is 0.345 e. The third-order valence-electron chi connectivity index (χ3n) is 4.45. The van der Waals surface area contributed by atoms with Gasteiger partial charge in [0.15, 0.2) is 6.61 Å². The molecule has 0 aromatic heterocycles. The molecule has 0 N–H and O–H groups in total. The molecule has 1 saturated heterocycles. The van der Waals surface area contributed by atoms with E-state index in [9.17, 15) is 9.59 Å². The van der Waals surface area contributed by atoms with Gasteiger partial charge in [-0.25, -0.2) is 4.79 Å². The van der Waals surface area contributed by atoms with E-state index in [0.717, 1.165) is 11.1 Å². The number of nitrogens with zero attached hydrogens (tertiary/aromatic N) is 1. The lowest BCUT2D eigenvalue weighted by atomic mass is 10.1. The zero-order chi connectivity index (χ0) is 19.9. The number of hydrogen-bond acceptors (Lipinski definition) is 5. The highest BCUT2D eigenvalue weighted by Gasteiger charge is 2.30. The second-order valence-electron chi connectivity index (χ2n) is 6.83. The van der Waals surface area contributed by atoms with Crippen molar-refractivity contribution in [2.75, 3.05) is 32.9 Å². The van der Waals surface area contributed by atoms with E-state index in [0.29, 0.717) is 37.6 Å². The van der Waals surface area contributed by atoms with Crippen LogP contribution in [-0.4, -0.2) is 49.7 Å². The molecule has 148 valence electrons. The summed E-state index contributed by atoms with van der Waals surface area (Å²) in [7, 11) is 0. The number of morpholine rings is 1. The molecule has 1 aliphatic rings. The summed E-state index contributed by atoms with van der Waals surface area (Å²) < 4.78 is 16.4. The average molecular weight is 383 g/mol. The Kier molecular flexibility index (Phi) is 6.66. The van der Waals surface area contributed by atoms with Crippen molar-refractivity contribution in [2.24, 2.45) is 0 Å². The lowest BCUT2D eigenvalue weighted by Gasteiger charge is -2.30. The van der Waals surface area contributed by atoms with Crippen LogP contribution >= 0.6 is 0 Å². The number of benzene rings is 2. The zero-order valence-electron chi connectivity index (χ0n) is 16.2. The van der Waals surface area contributed by atoms with E-state index in [1.807, 2.05) is 50.2 Å². The molecule has 0 radical (unpaired) electrons. The van der Waals surface area contributed by atoms with Gasteiger partial charge >= 0.3 is 5.97 Å². The Morgan fingerprint density at radius 2 is 1.68 bits per heavy atom. The molecule has 6 heteroatoms. The van der Waals surface area contributed by atoms with Crippen LogP contribution in [0.3, 0.4) is 0 Å². The van der Waals surface area contributed by atoms with Gasteiger partial charge in [-0.1, -0.05) is 36.4 Å². The van der Waals surface area contributed by atoms with Crippen LogP contribution in [0.1, 0.15) is 22.8 Å². The van der Waals surface area contributed by atoms with Gasteiger partial charge in [-0.05, 0) is 37.1 Å². The minimum absolute atomic E-state index is 0.241. The number of amides is 1. The highest BCUT2D eigenvalue weighted by atomic mass is 16.6. The minimum Gasteiger partial charge on any atom is -0.482 e. The number of hydrogen-bond donors (Lipinski definition) is 0. The third kappa shape index (κ3) is 5.33. The summed E-state index contributed by atoms with van der Waals surface area (Å²) in [5.41, 5.74) is 2.74. The quantitative estimate of drug-likeness (QED) is 0.718. The number of aryl methyl sites for hydroxylation is 2. The SMILES string of the molecule is Cc1cc(C)cc(OCC(=O)O[C@H](C(=O)N2CCOCC2)c2ccccc2)c1. The molecule has 0 bridgehead atoms. The summed E-state index contributed by atoms with van der Waals surface area (Å²) in [4.78, 5) is 27.0. The number of ether oxygens (including phenoxy) is 3. The van der Waals surface area contributed by atoms with E-state index < -0.39 is 12.1 Å². The predicted octanol–water partition coefficient (Wildman–Crippen LogP) is 2.83. The van der Waals surface area contributed by atoms with Gasteiger partial charge in [0.25, 0.3) is 5.91 Å². The lowest BCUT2D eigenvalue weighted by Crippen LogP contribution is -2.44. The van der Waals surface area contributed by atoms with Crippen LogP contribution in [0.25, 0.3) is 0 Å². The molecule has 3 rings (SSSR count). The number of carbonyl (C=O) groups is 2. The van der Waals surface area contributed by atoms with E-state index in [1.165, 1.54) is 0 Å². The van der Waals surface area contributed by atoms with Crippen molar-refractivity contribution in [3.05, 3.63) is 65.2 Å². The Hall–Kier alpha value is -2.86. The van der Waals surface area contributed by atoms with Gasteiger partial charge in [0.2, 0.25) is 6.10 Å². The molecule has 0 aliphatic carbocycles. The van der Waals surface area contributed by atoms with Crippen LogP contribution in [0.2, 0.25) is 0 Å². The first kappa shape index (κ1) is 19.9. The van der Waals surface area contributed by atoms with E-state index in [1.54, 1.807) is 17.0 Å². The van der Waals surface area contributed by atoms with Crippen LogP contribution in [0.15, 0.2) is 48.5 Å². The normalized spacial score (nSPS) is 15.0. The Labute approximate surface area is 165 Å². The summed E-state index contributed by atoms with van der Waals surface area (Å²) in [5.74, 6) is -0.228. The fourth-order valence-corrected chi connectivity index (χ4v) is 3.16. The van der Waals surface area contributed by atoms with Gasteiger partial charge in [0.1, 0.15) is 5.75 Å². The topological polar surface area (TPSA) is 65.1 Å². The van der Waals surface area contributed by atoms with Gasteiger partial charge in [-0.15, -0.1) is 0 Å². The maximum atomic E-state index is 13.0. The van der Waals surface area contributed by atoms with Crippen molar-refractivity contribution in [2.45, 2.75) is 20.0 Å². The summed E-state index contributed by atoms with van der Waals surface area (Å²) >= 11 is 0. The Morgan fingerprint density at radius 1 is 1.04 bits per heavy atom. The predicted molar refractivity (Wildman–Crippen MR) is 104 cm³/mol. The fourth-order valence-electron chi connectivity index (χ4n) is 3.16. The third-order valence-corrected chi connectivity index (χ3v) is 4.45. The molecule has 1 heterocycles. The van der Waals surface area contributed by atoms with E-state index >= 15 is 0 Å². The maximum absolute atomic E-state index is 13.0. The average Bonchev–Trinajstić information content (AvgIpc) is 2.70. The van der Waals surface area contributed by atoms with Gasteiger partial charge in [-0.2, -0.15) is 0 Å². The molecule has 1 atom stereocenters. The van der Waals surface area contributed by atoms with E-state index in [-0.39, 0.29) is 12.5 Å². The van der Waals surface area contributed by atoms with Crippen molar-refractivity contribution in [1.82, 2.24) is 4.90 Å². The molecular formula is C22H25NO5. The molecular weight excluding hydrogens is 358 g/mol. The summed E-state index contributed by atoms with van der Waals surface area (Å²) in [5, 5.41) is 0. The van der Waals surface area contributed by atoms with E-state index in [2.05, 4.69) is 0 Å². The minimum atomic E-state index is -0.991. The van der Waals surface area contributed by atoms with Crippen molar-refractivity contribution >= 4 is 11.9 Å². The van der Waals surface area contributed by atoms with Gasteiger partial charge in [0, 0.05) is 18.7 Å². The Balaban J connectivity index is 1.68. The second kappa shape index (κ2) is 9.37. The molecule has 2 aromatic carbocycles.